The number of hydrogen-bond acceptors (Lipinski definition) is 8. The first-order chi connectivity index (χ1) is 19.9. The molecule has 0 unspecified atom stereocenters. The number of nitrogens with one attached hydrogen (secondary N) is 3. The van der Waals surface area contributed by atoms with Crippen LogP contribution in [-0.2, 0) is 16.4 Å². The van der Waals surface area contributed by atoms with Crippen molar-refractivity contribution < 1.29 is 17.9 Å². The second-order valence-electron chi connectivity index (χ2n) is 9.58. The van der Waals surface area contributed by atoms with Gasteiger partial charge in [-0.05, 0) is 67.5 Å². The van der Waals surface area contributed by atoms with Crippen molar-refractivity contribution in [1.29, 1.82) is 5.26 Å². The lowest BCUT2D eigenvalue weighted by Crippen LogP contribution is -2.43. The number of aromatic nitrogens is 1. The predicted molar refractivity (Wildman–Crippen MR) is 157 cm³/mol. The number of pyridine rings is 1. The Labute approximate surface area is 240 Å². The Morgan fingerprint density at radius 2 is 1.90 bits per heavy atom. The molecule has 10 heteroatoms. The van der Waals surface area contributed by atoms with Crippen LogP contribution in [0.15, 0.2) is 90.0 Å². The fraction of sp³-hybridized carbons (Fsp3) is 0.226. The third-order valence-corrected chi connectivity index (χ3v) is 8.47. The van der Waals surface area contributed by atoms with Crippen molar-refractivity contribution in [2.45, 2.75) is 23.5 Å². The summed E-state index contributed by atoms with van der Waals surface area (Å²) in [4.78, 5) is 4.73. The molecular formula is C31H31N5O4S. The van der Waals surface area contributed by atoms with E-state index >= 15 is 0 Å². The fourth-order valence-electron chi connectivity index (χ4n) is 4.84. The maximum atomic E-state index is 12.4. The molecule has 0 aliphatic carbocycles. The van der Waals surface area contributed by atoms with E-state index in [2.05, 4.69) is 38.5 Å². The molecule has 9 nitrogen and oxygen atoms in total. The van der Waals surface area contributed by atoms with Gasteiger partial charge >= 0.3 is 0 Å². The molecule has 210 valence electrons. The van der Waals surface area contributed by atoms with Crippen LogP contribution in [0.2, 0.25) is 0 Å². The number of nitrogens with zero attached hydrogens (tertiary/aromatic N) is 2. The van der Waals surface area contributed by atoms with Crippen LogP contribution < -0.4 is 24.8 Å². The van der Waals surface area contributed by atoms with Crippen molar-refractivity contribution in [2.24, 2.45) is 0 Å². The Morgan fingerprint density at radius 1 is 1.12 bits per heavy atom. The molecule has 1 aromatic heterocycles. The van der Waals surface area contributed by atoms with Gasteiger partial charge < -0.3 is 20.1 Å². The van der Waals surface area contributed by atoms with Crippen LogP contribution >= 0.6 is 0 Å². The highest BCUT2D eigenvalue weighted by Gasteiger charge is 2.30. The number of benzene rings is 3. The molecular weight excluding hydrogens is 538 g/mol. The SMILES string of the molecule is CNS(=O)(=O)c1ccc(OC)c(-c2cnc3c(c2)NC[C@@H]([C@H](NCCc2ccc(C#N)cc2)c2ccccc2)O3)c1. The number of ether oxygens (including phenoxy) is 2. The minimum absolute atomic E-state index is 0.0970. The lowest BCUT2D eigenvalue weighted by atomic mass is 9.99. The van der Waals surface area contributed by atoms with Crippen molar-refractivity contribution in [3.05, 3.63) is 102 Å². The molecule has 4 aromatic rings. The molecule has 3 N–H and O–H groups in total. The molecule has 3 aromatic carbocycles. The van der Waals surface area contributed by atoms with Gasteiger partial charge in [0.15, 0.2) is 0 Å². The maximum absolute atomic E-state index is 12.4. The molecule has 0 saturated heterocycles. The number of nitriles is 1. The van der Waals surface area contributed by atoms with Gasteiger partial charge in [0.05, 0.1) is 41.9 Å². The van der Waals surface area contributed by atoms with Gasteiger partial charge in [-0.2, -0.15) is 5.26 Å². The van der Waals surface area contributed by atoms with E-state index in [1.807, 2.05) is 48.5 Å². The molecule has 5 rings (SSSR count). The van der Waals surface area contributed by atoms with E-state index in [0.29, 0.717) is 40.6 Å². The zero-order chi connectivity index (χ0) is 28.8. The smallest absolute Gasteiger partial charge is 0.240 e. The zero-order valence-corrected chi connectivity index (χ0v) is 23.6. The van der Waals surface area contributed by atoms with Crippen molar-refractivity contribution in [1.82, 2.24) is 15.0 Å². The molecule has 0 fully saturated rings. The van der Waals surface area contributed by atoms with Gasteiger partial charge in [0.2, 0.25) is 15.9 Å². The Balaban J connectivity index is 1.36. The quantitative estimate of drug-likeness (QED) is 0.258. The largest absolute Gasteiger partial charge is 0.496 e. The van der Waals surface area contributed by atoms with Gasteiger partial charge in [-0.1, -0.05) is 42.5 Å². The molecule has 1 aliphatic heterocycles. The van der Waals surface area contributed by atoms with E-state index in [4.69, 9.17) is 14.7 Å². The Kier molecular flexibility index (Phi) is 8.50. The van der Waals surface area contributed by atoms with Gasteiger partial charge in [0.25, 0.3) is 0 Å². The molecule has 0 saturated carbocycles. The average Bonchev–Trinajstić information content (AvgIpc) is 3.03. The Hall–Kier alpha value is -4.43. The minimum Gasteiger partial charge on any atom is -0.496 e. The van der Waals surface area contributed by atoms with Gasteiger partial charge in [-0.25, -0.2) is 18.1 Å². The van der Waals surface area contributed by atoms with E-state index in [-0.39, 0.29) is 17.0 Å². The zero-order valence-electron chi connectivity index (χ0n) is 22.8. The summed E-state index contributed by atoms with van der Waals surface area (Å²) in [5, 5.41) is 16.2. The summed E-state index contributed by atoms with van der Waals surface area (Å²) in [5.74, 6) is 1.00. The van der Waals surface area contributed by atoms with Crippen LogP contribution in [0.4, 0.5) is 5.69 Å². The van der Waals surface area contributed by atoms with E-state index in [0.717, 1.165) is 24.1 Å². The highest BCUT2D eigenvalue weighted by atomic mass is 32.2. The number of anilines is 1. The summed E-state index contributed by atoms with van der Waals surface area (Å²) in [6.45, 7) is 1.25. The summed E-state index contributed by atoms with van der Waals surface area (Å²) in [6.07, 6.45) is 2.23. The fourth-order valence-corrected chi connectivity index (χ4v) is 5.60. The van der Waals surface area contributed by atoms with Crippen molar-refractivity contribution in [3.8, 4) is 28.8 Å². The van der Waals surface area contributed by atoms with Crippen LogP contribution in [0.1, 0.15) is 22.7 Å². The first-order valence-electron chi connectivity index (χ1n) is 13.2. The van der Waals surface area contributed by atoms with Gasteiger partial charge in [-0.3, -0.25) is 0 Å². The van der Waals surface area contributed by atoms with Crippen LogP contribution in [0.3, 0.4) is 0 Å². The minimum atomic E-state index is -3.63. The van der Waals surface area contributed by atoms with E-state index < -0.39 is 10.0 Å². The molecule has 0 spiro atoms. The first kappa shape index (κ1) is 28.1. The van der Waals surface area contributed by atoms with Crippen LogP contribution in [0, 0.1) is 11.3 Å². The summed E-state index contributed by atoms with van der Waals surface area (Å²) in [7, 11) is -0.710. The molecule has 0 amide bonds. The van der Waals surface area contributed by atoms with E-state index in [1.165, 1.54) is 13.1 Å². The maximum Gasteiger partial charge on any atom is 0.240 e. The monoisotopic (exact) mass is 569 g/mol. The summed E-state index contributed by atoms with van der Waals surface area (Å²) in [6, 6.07) is 26.4. The highest BCUT2D eigenvalue weighted by molar-refractivity contribution is 7.89. The molecule has 41 heavy (non-hydrogen) atoms. The number of fused-ring (bicyclic) bond motifs is 1. The summed E-state index contributed by atoms with van der Waals surface area (Å²) in [5.41, 5.74) is 4.92. The summed E-state index contributed by atoms with van der Waals surface area (Å²) >= 11 is 0. The van der Waals surface area contributed by atoms with Gasteiger partial charge in [-0.15, -0.1) is 0 Å². The van der Waals surface area contributed by atoms with Crippen molar-refractivity contribution in [2.75, 3.05) is 32.6 Å². The normalized spacial score (nSPS) is 15.1. The molecule has 0 radical (unpaired) electrons. The van der Waals surface area contributed by atoms with Crippen molar-refractivity contribution >= 4 is 15.7 Å². The topological polar surface area (TPSA) is 125 Å². The standard InChI is InChI=1S/C31H31N5O4S/c1-33-41(37,38)25-12-13-28(39-2)26(17-25)24-16-27-31(36-19-24)40-29(20-35-27)30(23-6-4-3-5-7-23)34-15-14-21-8-10-22(18-32)11-9-21/h3-13,16-17,19,29-30,33-35H,14-15,20H2,1-2H3/t29-,30+/m0/s1. The third-order valence-electron chi connectivity index (χ3n) is 7.06. The first-order valence-corrected chi connectivity index (χ1v) is 14.7. The highest BCUT2D eigenvalue weighted by Crippen LogP contribution is 2.37. The Bertz CT molecular complexity index is 1650. The van der Waals surface area contributed by atoms with E-state index in [1.54, 1.807) is 25.4 Å². The Morgan fingerprint density at radius 3 is 2.61 bits per heavy atom. The second kappa shape index (κ2) is 12.4. The lowest BCUT2D eigenvalue weighted by Gasteiger charge is -2.33. The molecule has 1 aliphatic rings. The van der Waals surface area contributed by atoms with Crippen LogP contribution in [0.5, 0.6) is 11.6 Å². The second-order valence-corrected chi connectivity index (χ2v) is 11.5. The van der Waals surface area contributed by atoms with Crippen molar-refractivity contribution in [3.63, 3.8) is 0 Å². The number of sulfonamides is 1. The third kappa shape index (κ3) is 6.33. The lowest BCUT2D eigenvalue weighted by molar-refractivity contribution is 0.150. The molecule has 0 bridgehead atoms. The van der Waals surface area contributed by atoms with Crippen LogP contribution in [-0.4, -0.2) is 46.8 Å². The molecule has 2 atom stereocenters. The summed E-state index contributed by atoms with van der Waals surface area (Å²) < 4.78 is 39.1. The van der Waals surface area contributed by atoms with E-state index in [9.17, 15) is 8.42 Å². The van der Waals surface area contributed by atoms with Crippen LogP contribution in [0.25, 0.3) is 11.1 Å². The number of rotatable bonds is 10. The van der Waals surface area contributed by atoms with Gasteiger partial charge in [0.1, 0.15) is 11.9 Å². The number of hydrogen-bond donors (Lipinski definition) is 3. The molecule has 2 heterocycles. The predicted octanol–water partition coefficient (Wildman–Crippen LogP) is 4.28. The number of methoxy groups -OCH3 is 1. The average molecular weight is 570 g/mol. The van der Waals surface area contributed by atoms with Gasteiger partial charge in [0, 0.05) is 17.3 Å².